The highest BCUT2D eigenvalue weighted by molar-refractivity contribution is 4.64. The molecule has 0 aromatic rings. The first-order chi connectivity index (χ1) is 8.72. The van der Waals surface area contributed by atoms with Crippen molar-refractivity contribution in [1.82, 2.24) is 0 Å². The molecule has 0 aliphatic rings. The van der Waals surface area contributed by atoms with Crippen LogP contribution in [0, 0.1) is 5.92 Å². The van der Waals surface area contributed by atoms with Gasteiger partial charge in [-0.1, -0.05) is 85.0 Å². The second-order valence-electron chi connectivity index (χ2n) is 5.95. The van der Waals surface area contributed by atoms with Crippen molar-refractivity contribution in [2.75, 3.05) is 0 Å². The van der Waals surface area contributed by atoms with Gasteiger partial charge in [0.05, 0.1) is 6.10 Å². The molecule has 0 saturated carbocycles. The molecule has 0 heterocycles. The van der Waals surface area contributed by atoms with E-state index in [1.54, 1.807) is 0 Å². The van der Waals surface area contributed by atoms with E-state index >= 15 is 0 Å². The van der Waals surface area contributed by atoms with Crippen molar-refractivity contribution in [3.8, 4) is 0 Å². The molecule has 1 heteroatoms. The zero-order valence-corrected chi connectivity index (χ0v) is 13.1. The van der Waals surface area contributed by atoms with Crippen molar-refractivity contribution in [3.63, 3.8) is 0 Å². The van der Waals surface area contributed by atoms with Gasteiger partial charge in [0.1, 0.15) is 0 Å². The summed E-state index contributed by atoms with van der Waals surface area (Å²) in [6.07, 6.45) is 15.5. The Morgan fingerprint density at radius 3 is 1.72 bits per heavy atom. The molecule has 0 aliphatic heterocycles. The highest BCUT2D eigenvalue weighted by atomic mass is 16.3. The predicted octanol–water partition coefficient (Wildman–Crippen LogP) is 5.70. The third-order valence-corrected chi connectivity index (χ3v) is 4.02. The molecule has 18 heavy (non-hydrogen) atoms. The summed E-state index contributed by atoms with van der Waals surface area (Å²) in [5.41, 5.74) is 0. The summed E-state index contributed by atoms with van der Waals surface area (Å²) >= 11 is 0. The lowest BCUT2D eigenvalue weighted by Gasteiger charge is -2.18. The summed E-state index contributed by atoms with van der Waals surface area (Å²) in [6, 6.07) is 0. The van der Waals surface area contributed by atoms with E-state index in [4.69, 9.17) is 0 Å². The molecule has 2 atom stereocenters. The van der Waals surface area contributed by atoms with Crippen LogP contribution < -0.4 is 0 Å². The molecule has 0 bridgehead atoms. The Hall–Kier alpha value is -0.0400. The second kappa shape index (κ2) is 13.4. The minimum Gasteiger partial charge on any atom is -0.393 e. The zero-order chi connectivity index (χ0) is 13.6. The van der Waals surface area contributed by atoms with Crippen LogP contribution in [0.4, 0.5) is 0 Å². The number of aliphatic hydroxyl groups excluding tert-OH is 1. The van der Waals surface area contributed by atoms with Crippen LogP contribution in [-0.2, 0) is 0 Å². The third-order valence-electron chi connectivity index (χ3n) is 4.02. The molecule has 0 rings (SSSR count). The lowest BCUT2D eigenvalue weighted by molar-refractivity contribution is 0.0988. The first-order valence-electron chi connectivity index (χ1n) is 8.40. The van der Waals surface area contributed by atoms with Crippen LogP contribution >= 0.6 is 0 Å². The first kappa shape index (κ1) is 18.0. The number of rotatable bonds is 13. The summed E-state index contributed by atoms with van der Waals surface area (Å²) in [7, 11) is 0. The fourth-order valence-corrected chi connectivity index (χ4v) is 2.49. The average molecular weight is 256 g/mol. The molecule has 0 aliphatic carbocycles. The fraction of sp³-hybridized carbons (Fsp3) is 1.00. The van der Waals surface area contributed by atoms with Gasteiger partial charge in [-0.05, 0) is 18.8 Å². The normalized spacial score (nSPS) is 14.7. The first-order valence-corrected chi connectivity index (χ1v) is 8.40. The van der Waals surface area contributed by atoms with E-state index in [1.807, 2.05) is 0 Å². The minimum absolute atomic E-state index is 0.0587. The minimum atomic E-state index is -0.0587. The topological polar surface area (TPSA) is 20.2 Å². The lowest BCUT2D eigenvalue weighted by atomic mass is 9.94. The van der Waals surface area contributed by atoms with Gasteiger partial charge in [0.15, 0.2) is 0 Å². The van der Waals surface area contributed by atoms with Crippen molar-refractivity contribution >= 4 is 0 Å². The highest BCUT2D eigenvalue weighted by Crippen LogP contribution is 2.18. The van der Waals surface area contributed by atoms with Crippen molar-refractivity contribution in [2.45, 2.75) is 104 Å². The molecule has 0 amide bonds. The maximum absolute atomic E-state index is 10.0. The van der Waals surface area contributed by atoms with Crippen molar-refractivity contribution in [1.29, 1.82) is 0 Å². The Bertz CT molecular complexity index is 156. The zero-order valence-electron chi connectivity index (χ0n) is 13.1. The van der Waals surface area contributed by atoms with E-state index in [1.165, 1.54) is 70.6 Å². The number of unbranched alkanes of at least 4 members (excludes halogenated alkanes) is 8. The molecule has 0 aromatic carbocycles. The number of hydrogen-bond acceptors (Lipinski definition) is 1. The summed E-state index contributed by atoms with van der Waals surface area (Å²) < 4.78 is 0. The largest absolute Gasteiger partial charge is 0.393 e. The quantitative estimate of drug-likeness (QED) is 0.419. The molecule has 110 valence electrons. The van der Waals surface area contributed by atoms with Crippen LogP contribution in [0.15, 0.2) is 0 Å². The molecule has 0 fully saturated rings. The average Bonchev–Trinajstić information content (AvgIpc) is 2.38. The van der Waals surface area contributed by atoms with E-state index in [9.17, 15) is 5.11 Å². The lowest BCUT2D eigenvalue weighted by Crippen LogP contribution is -2.17. The molecule has 0 radical (unpaired) electrons. The Balaban J connectivity index is 3.26. The van der Waals surface area contributed by atoms with Crippen molar-refractivity contribution < 1.29 is 5.11 Å². The summed E-state index contributed by atoms with van der Waals surface area (Å²) in [5.74, 6) is 0.495. The molecular formula is C17H36O. The molecule has 1 nitrogen and oxygen atoms in total. The molecular weight excluding hydrogens is 220 g/mol. The van der Waals surface area contributed by atoms with E-state index in [-0.39, 0.29) is 6.10 Å². The maximum atomic E-state index is 10.0. The van der Waals surface area contributed by atoms with Crippen LogP contribution in [0.5, 0.6) is 0 Å². The Labute approximate surface area is 115 Å². The van der Waals surface area contributed by atoms with Crippen molar-refractivity contribution in [2.24, 2.45) is 5.92 Å². The fourth-order valence-electron chi connectivity index (χ4n) is 2.49. The van der Waals surface area contributed by atoms with E-state index in [0.29, 0.717) is 5.92 Å². The van der Waals surface area contributed by atoms with Gasteiger partial charge >= 0.3 is 0 Å². The van der Waals surface area contributed by atoms with Gasteiger partial charge in [-0.25, -0.2) is 0 Å². The van der Waals surface area contributed by atoms with Crippen molar-refractivity contribution in [3.05, 3.63) is 0 Å². The predicted molar refractivity (Wildman–Crippen MR) is 81.9 cm³/mol. The Morgan fingerprint density at radius 2 is 1.17 bits per heavy atom. The van der Waals surface area contributed by atoms with Gasteiger partial charge in [-0.3, -0.25) is 0 Å². The summed E-state index contributed by atoms with van der Waals surface area (Å²) in [4.78, 5) is 0. The van der Waals surface area contributed by atoms with Crippen LogP contribution in [0.25, 0.3) is 0 Å². The second-order valence-corrected chi connectivity index (χ2v) is 5.95. The summed E-state index contributed by atoms with van der Waals surface area (Å²) in [5, 5.41) is 10.0. The van der Waals surface area contributed by atoms with Gasteiger partial charge in [-0.15, -0.1) is 0 Å². The van der Waals surface area contributed by atoms with Crippen LogP contribution in [0.2, 0.25) is 0 Å². The smallest absolute Gasteiger partial charge is 0.0565 e. The van der Waals surface area contributed by atoms with E-state index in [0.717, 1.165) is 6.42 Å². The Kier molecular flexibility index (Phi) is 13.4. The number of aliphatic hydroxyl groups is 1. The Morgan fingerprint density at radius 1 is 0.667 bits per heavy atom. The standard InChI is InChI=1S/C17H36O/c1-4-6-8-9-10-11-12-13-15-17(18)16(3)14-7-5-2/h16-18H,4-15H2,1-3H3/t16-,17+/m1/s1. The van der Waals surface area contributed by atoms with Gasteiger partial charge < -0.3 is 5.11 Å². The molecule has 0 spiro atoms. The van der Waals surface area contributed by atoms with Gasteiger partial charge in [0.2, 0.25) is 0 Å². The van der Waals surface area contributed by atoms with Crippen LogP contribution in [0.1, 0.15) is 97.8 Å². The van der Waals surface area contributed by atoms with Gasteiger partial charge in [-0.2, -0.15) is 0 Å². The maximum Gasteiger partial charge on any atom is 0.0565 e. The molecule has 0 aromatic heterocycles. The SMILES string of the molecule is CCCCCCCCCC[C@H](O)[C@H](C)CCCC. The monoisotopic (exact) mass is 256 g/mol. The van der Waals surface area contributed by atoms with E-state index in [2.05, 4.69) is 20.8 Å². The van der Waals surface area contributed by atoms with Crippen LogP contribution in [0.3, 0.4) is 0 Å². The summed E-state index contributed by atoms with van der Waals surface area (Å²) in [6.45, 7) is 6.68. The molecule has 0 saturated heterocycles. The van der Waals surface area contributed by atoms with E-state index < -0.39 is 0 Å². The molecule has 0 unspecified atom stereocenters. The van der Waals surface area contributed by atoms with Crippen LogP contribution in [-0.4, -0.2) is 11.2 Å². The highest BCUT2D eigenvalue weighted by Gasteiger charge is 2.12. The number of hydrogen-bond donors (Lipinski definition) is 1. The van der Waals surface area contributed by atoms with Gasteiger partial charge in [0, 0.05) is 0 Å². The van der Waals surface area contributed by atoms with Gasteiger partial charge in [0.25, 0.3) is 0 Å². The molecule has 1 N–H and O–H groups in total. The third kappa shape index (κ3) is 11.1.